The van der Waals surface area contributed by atoms with Crippen LogP contribution in [0.15, 0.2) is 79.1 Å². The molecule has 3 N–H and O–H groups in total. The number of nitrogens with zero attached hydrogens (tertiary/aromatic N) is 8. The highest BCUT2D eigenvalue weighted by Crippen LogP contribution is 2.38. The molecule has 1 aliphatic carbocycles. The highest BCUT2D eigenvalue weighted by Gasteiger charge is 2.45. The summed E-state index contributed by atoms with van der Waals surface area (Å²) in [5.74, 6) is 0.545. The van der Waals surface area contributed by atoms with Crippen LogP contribution in [-0.4, -0.2) is 116 Å². The highest BCUT2D eigenvalue weighted by atomic mass is 16.5. The van der Waals surface area contributed by atoms with Crippen LogP contribution in [0.4, 0.5) is 11.5 Å². The molecule has 10 rings (SSSR count). The number of para-hydroxylation sites is 1. The number of carbonyl (C=O) groups excluding carboxylic acids is 4. The van der Waals surface area contributed by atoms with Crippen LogP contribution in [-0.2, 0) is 9.59 Å². The van der Waals surface area contributed by atoms with E-state index in [1.54, 1.807) is 12.1 Å². The number of aromatic nitrogens is 4. The quantitative estimate of drug-likeness (QED) is 0.194. The number of carbonyl (C=O) groups is 4. The normalized spacial score (nSPS) is 24.0. The molecule has 5 aromatic rings. The lowest BCUT2D eigenvalue weighted by Crippen LogP contribution is -2.54. The number of nitrogens with two attached hydrogens (primary N) is 1. The SMILES string of the molecule is Nc1ncnc2c1c(-c1ccc(Oc3ccccc3)cc1)nn2C1CCC(N2CCN(CC3CCN(c4ccc5c(c4)C(=O)N(C4CCC(=O)NC4=O)C5=O)C3)CC2)CC1. The van der Waals surface area contributed by atoms with Gasteiger partial charge in [0.05, 0.1) is 22.6 Å². The number of fused-ring (bicyclic) bond motifs is 2. The maximum Gasteiger partial charge on any atom is 0.262 e. The maximum atomic E-state index is 13.4. The number of anilines is 2. The number of amides is 4. The van der Waals surface area contributed by atoms with Crippen LogP contribution < -0.4 is 20.7 Å². The van der Waals surface area contributed by atoms with Crippen molar-refractivity contribution in [3.63, 3.8) is 0 Å². The van der Waals surface area contributed by atoms with Crippen LogP contribution in [0.1, 0.15) is 71.7 Å². The number of hydrogen-bond donors (Lipinski definition) is 2. The van der Waals surface area contributed by atoms with Crippen molar-refractivity contribution in [2.24, 2.45) is 5.92 Å². The molecule has 0 spiro atoms. The van der Waals surface area contributed by atoms with Gasteiger partial charge in [0.1, 0.15) is 35.4 Å². The molecule has 6 heterocycles. The van der Waals surface area contributed by atoms with E-state index in [4.69, 9.17) is 15.6 Å². The van der Waals surface area contributed by atoms with Gasteiger partial charge in [-0.15, -0.1) is 0 Å². The van der Waals surface area contributed by atoms with Gasteiger partial charge in [0, 0.05) is 69.5 Å². The number of piperazine rings is 1. The number of ether oxygens (including phenoxy) is 1. The summed E-state index contributed by atoms with van der Waals surface area (Å²) >= 11 is 0. The van der Waals surface area contributed by atoms with Crippen LogP contribution in [0, 0.1) is 5.92 Å². The number of imide groups is 2. The maximum absolute atomic E-state index is 13.4. The number of rotatable bonds is 9. The average Bonchev–Trinajstić information content (AvgIpc) is 3.97. The van der Waals surface area contributed by atoms with Gasteiger partial charge in [-0.1, -0.05) is 18.2 Å². The van der Waals surface area contributed by atoms with Gasteiger partial charge in [-0.25, -0.2) is 14.6 Å². The fourth-order valence-corrected chi connectivity index (χ4v) is 9.97. The van der Waals surface area contributed by atoms with Crippen molar-refractivity contribution in [1.82, 2.24) is 39.8 Å². The standard InChI is InChI=1S/C45H48N10O5/c46-41-39-40(29-6-13-34(14-7-29)60-33-4-2-1-3-5-33)50-55(42(39)48-27-47-41)31-10-8-30(9-11-31)52-22-20-51(21-23-52)25-28-18-19-53(26-28)32-12-15-35-36(24-32)45(59)54(44(35)58)37-16-17-38(56)49-43(37)57/h1-7,12-15,24,27-28,30-31,37H,8-11,16-23,25-26H2,(H2,46,47,48)(H,49,56,57). The lowest BCUT2D eigenvalue weighted by molar-refractivity contribution is -0.136. The average molecular weight is 809 g/mol. The Morgan fingerprint density at radius 1 is 0.750 bits per heavy atom. The molecule has 5 aliphatic rings. The van der Waals surface area contributed by atoms with Crippen molar-refractivity contribution < 1.29 is 23.9 Å². The smallest absolute Gasteiger partial charge is 0.262 e. The molecule has 15 nitrogen and oxygen atoms in total. The highest BCUT2D eigenvalue weighted by molar-refractivity contribution is 6.23. The minimum Gasteiger partial charge on any atom is -0.457 e. The number of piperidine rings is 1. The molecule has 2 atom stereocenters. The van der Waals surface area contributed by atoms with E-state index in [0.717, 1.165) is 122 Å². The fourth-order valence-electron chi connectivity index (χ4n) is 9.97. The van der Waals surface area contributed by atoms with E-state index in [-0.39, 0.29) is 24.8 Å². The molecule has 2 aromatic heterocycles. The lowest BCUT2D eigenvalue weighted by Gasteiger charge is -2.42. The van der Waals surface area contributed by atoms with Gasteiger partial charge in [-0.05, 0) is 99.0 Å². The van der Waals surface area contributed by atoms with E-state index in [2.05, 4.69) is 34.7 Å². The largest absolute Gasteiger partial charge is 0.457 e. The summed E-state index contributed by atoms with van der Waals surface area (Å²) in [6.07, 6.45) is 7.08. The second-order valence-electron chi connectivity index (χ2n) is 16.8. The van der Waals surface area contributed by atoms with E-state index in [1.165, 1.54) is 6.33 Å². The summed E-state index contributed by atoms with van der Waals surface area (Å²) in [6.45, 7) is 6.99. The Hall–Kier alpha value is -6.19. The van der Waals surface area contributed by atoms with Crippen LogP contribution in [0.3, 0.4) is 0 Å². The van der Waals surface area contributed by atoms with E-state index >= 15 is 0 Å². The van der Waals surface area contributed by atoms with Gasteiger partial charge >= 0.3 is 0 Å². The molecule has 4 amide bonds. The minimum absolute atomic E-state index is 0.101. The Kier molecular flexibility index (Phi) is 10.00. The zero-order chi connectivity index (χ0) is 40.9. The summed E-state index contributed by atoms with van der Waals surface area (Å²) in [5, 5.41) is 8.19. The number of nitrogens with one attached hydrogen (secondary N) is 1. The predicted octanol–water partition coefficient (Wildman–Crippen LogP) is 4.90. The summed E-state index contributed by atoms with van der Waals surface area (Å²) < 4.78 is 8.11. The van der Waals surface area contributed by atoms with Crippen molar-refractivity contribution in [1.29, 1.82) is 0 Å². The van der Waals surface area contributed by atoms with E-state index in [9.17, 15) is 19.2 Å². The van der Waals surface area contributed by atoms with E-state index in [0.29, 0.717) is 28.9 Å². The van der Waals surface area contributed by atoms with Gasteiger partial charge < -0.3 is 20.3 Å². The summed E-state index contributed by atoms with van der Waals surface area (Å²) in [5.41, 5.74) is 10.5. The fraction of sp³-hybridized carbons (Fsp3) is 0.400. The Bertz CT molecular complexity index is 2460. The number of hydrogen-bond acceptors (Lipinski definition) is 12. The van der Waals surface area contributed by atoms with Gasteiger partial charge in [0.25, 0.3) is 11.8 Å². The summed E-state index contributed by atoms with van der Waals surface area (Å²) in [6, 6.07) is 22.9. The minimum atomic E-state index is -0.963. The third-order valence-corrected chi connectivity index (χ3v) is 13.2. The topological polar surface area (TPSA) is 172 Å². The Balaban J connectivity index is 0.720. The van der Waals surface area contributed by atoms with Crippen molar-refractivity contribution in [2.45, 2.75) is 63.1 Å². The molecule has 3 aromatic carbocycles. The molecule has 2 unspecified atom stereocenters. The van der Waals surface area contributed by atoms with Crippen molar-refractivity contribution in [3.05, 3.63) is 90.3 Å². The zero-order valence-corrected chi connectivity index (χ0v) is 33.4. The molecule has 15 heteroatoms. The Morgan fingerprint density at radius 3 is 2.25 bits per heavy atom. The van der Waals surface area contributed by atoms with Gasteiger partial charge in [-0.3, -0.25) is 34.3 Å². The molecule has 4 fully saturated rings. The Labute approximate surface area is 347 Å². The second-order valence-corrected chi connectivity index (χ2v) is 16.8. The molecule has 4 aliphatic heterocycles. The van der Waals surface area contributed by atoms with Crippen molar-refractivity contribution in [3.8, 4) is 22.8 Å². The van der Waals surface area contributed by atoms with Crippen LogP contribution in [0.2, 0.25) is 0 Å². The molecule has 3 saturated heterocycles. The third-order valence-electron chi connectivity index (χ3n) is 13.2. The second kappa shape index (κ2) is 15.8. The van der Waals surface area contributed by atoms with E-state index in [1.807, 2.05) is 60.7 Å². The molecular weight excluding hydrogens is 761 g/mol. The van der Waals surface area contributed by atoms with Gasteiger partial charge in [0.15, 0.2) is 5.65 Å². The first-order valence-electron chi connectivity index (χ1n) is 21.2. The first kappa shape index (κ1) is 38.0. The first-order chi connectivity index (χ1) is 29.3. The molecular formula is C45H48N10O5. The molecule has 1 saturated carbocycles. The van der Waals surface area contributed by atoms with E-state index < -0.39 is 23.8 Å². The lowest BCUT2D eigenvalue weighted by atomic mass is 9.90. The van der Waals surface area contributed by atoms with Gasteiger partial charge in [0.2, 0.25) is 11.8 Å². The Morgan fingerprint density at radius 2 is 1.48 bits per heavy atom. The van der Waals surface area contributed by atoms with Crippen LogP contribution >= 0.6 is 0 Å². The van der Waals surface area contributed by atoms with Crippen LogP contribution in [0.5, 0.6) is 11.5 Å². The number of benzene rings is 3. The molecule has 0 bridgehead atoms. The van der Waals surface area contributed by atoms with Crippen molar-refractivity contribution in [2.75, 3.05) is 56.4 Å². The first-order valence-corrected chi connectivity index (χ1v) is 21.2. The molecule has 0 radical (unpaired) electrons. The third kappa shape index (κ3) is 7.15. The predicted molar refractivity (Wildman–Crippen MR) is 224 cm³/mol. The monoisotopic (exact) mass is 808 g/mol. The number of nitrogen functional groups attached to an aromatic ring is 1. The zero-order valence-electron chi connectivity index (χ0n) is 33.4. The van der Waals surface area contributed by atoms with Crippen LogP contribution in [0.25, 0.3) is 22.3 Å². The van der Waals surface area contributed by atoms with Crippen molar-refractivity contribution >= 4 is 46.2 Å². The summed E-state index contributed by atoms with van der Waals surface area (Å²) in [7, 11) is 0. The summed E-state index contributed by atoms with van der Waals surface area (Å²) in [4.78, 5) is 68.3. The van der Waals surface area contributed by atoms with Gasteiger partial charge in [-0.2, -0.15) is 5.10 Å². The molecule has 308 valence electrons. The molecule has 60 heavy (non-hydrogen) atoms.